The Morgan fingerprint density at radius 3 is 2.58 bits per heavy atom. The first-order chi connectivity index (χ1) is 12.4. The highest BCUT2D eigenvalue weighted by Crippen LogP contribution is 2.31. The third-order valence-corrected chi connectivity index (χ3v) is 4.70. The van der Waals surface area contributed by atoms with E-state index in [1.165, 1.54) is 0 Å². The number of benzene rings is 2. The summed E-state index contributed by atoms with van der Waals surface area (Å²) in [6, 6.07) is 10.2. The molecule has 1 amide bonds. The number of hydrogen-bond acceptors (Lipinski definition) is 4. The number of nitrogens with one attached hydrogen (secondary N) is 1. The van der Waals surface area contributed by atoms with Crippen LogP contribution in [0.15, 0.2) is 36.4 Å². The second kappa shape index (κ2) is 9.12. The number of halogens is 2. The summed E-state index contributed by atoms with van der Waals surface area (Å²) in [4.78, 5) is 14.5. The van der Waals surface area contributed by atoms with Crippen molar-refractivity contribution in [2.45, 2.75) is 19.5 Å². The average Bonchev–Trinajstić information content (AvgIpc) is 2.63. The summed E-state index contributed by atoms with van der Waals surface area (Å²) >= 11 is 12.1. The minimum absolute atomic E-state index is 0.182. The molecule has 0 aromatic heterocycles. The molecule has 0 unspecified atom stereocenters. The van der Waals surface area contributed by atoms with E-state index >= 15 is 0 Å². The quantitative estimate of drug-likeness (QED) is 0.749. The van der Waals surface area contributed by atoms with Gasteiger partial charge in [-0.1, -0.05) is 35.3 Å². The van der Waals surface area contributed by atoms with E-state index in [1.54, 1.807) is 32.4 Å². The standard InChI is InChI=1S/C19H22Cl2N2O3/c1-12(19(24)22-16-10-14(20)8-9-15(16)21)23(2)11-13-6-5-7-17(25-3)18(13)26-4/h5-10,12H,11H2,1-4H3,(H,22,24)/t12-/m0/s1. The minimum atomic E-state index is -0.402. The van der Waals surface area contributed by atoms with Gasteiger partial charge in [-0.05, 0) is 38.2 Å². The van der Waals surface area contributed by atoms with Gasteiger partial charge in [0.2, 0.25) is 5.91 Å². The first-order valence-electron chi connectivity index (χ1n) is 8.03. The lowest BCUT2D eigenvalue weighted by Crippen LogP contribution is -2.39. The molecule has 0 saturated carbocycles. The number of methoxy groups -OCH3 is 2. The Bertz CT molecular complexity index is 783. The summed E-state index contributed by atoms with van der Waals surface area (Å²) in [5, 5.41) is 3.76. The summed E-state index contributed by atoms with van der Waals surface area (Å²) < 4.78 is 10.8. The smallest absolute Gasteiger partial charge is 0.241 e. The fraction of sp³-hybridized carbons (Fsp3) is 0.316. The molecule has 0 spiro atoms. The van der Waals surface area contributed by atoms with Crippen molar-refractivity contribution in [2.75, 3.05) is 26.6 Å². The Kier molecular flexibility index (Phi) is 7.14. The summed E-state index contributed by atoms with van der Waals surface area (Å²) in [6.45, 7) is 2.33. The van der Waals surface area contributed by atoms with Gasteiger partial charge in [-0.25, -0.2) is 0 Å². The van der Waals surface area contributed by atoms with Gasteiger partial charge in [-0.15, -0.1) is 0 Å². The van der Waals surface area contributed by atoms with Crippen LogP contribution < -0.4 is 14.8 Å². The lowest BCUT2D eigenvalue weighted by molar-refractivity contribution is -0.120. The molecule has 7 heteroatoms. The summed E-state index contributed by atoms with van der Waals surface area (Å²) in [5.41, 5.74) is 1.41. The molecule has 0 fully saturated rings. The first-order valence-corrected chi connectivity index (χ1v) is 8.79. The highest BCUT2D eigenvalue weighted by molar-refractivity contribution is 6.35. The van der Waals surface area contributed by atoms with Crippen LogP contribution in [0.25, 0.3) is 0 Å². The molecule has 0 aliphatic heterocycles. The van der Waals surface area contributed by atoms with Crippen LogP contribution in [-0.2, 0) is 11.3 Å². The maximum Gasteiger partial charge on any atom is 0.241 e. The predicted molar refractivity (Wildman–Crippen MR) is 106 cm³/mol. The number of anilines is 1. The van der Waals surface area contributed by atoms with Crippen molar-refractivity contribution < 1.29 is 14.3 Å². The molecule has 0 aliphatic carbocycles. The van der Waals surface area contributed by atoms with Crippen LogP contribution in [0.2, 0.25) is 10.0 Å². The first kappa shape index (κ1) is 20.4. The Balaban J connectivity index is 2.11. The maximum atomic E-state index is 12.6. The second-order valence-electron chi connectivity index (χ2n) is 5.86. The molecule has 26 heavy (non-hydrogen) atoms. The molecule has 5 nitrogen and oxygen atoms in total. The van der Waals surface area contributed by atoms with Crippen LogP contribution in [0.4, 0.5) is 5.69 Å². The Hall–Kier alpha value is -1.95. The van der Waals surface area contributed by atoms with Crippen molar-refractivity contribution in [1.29, 1.82) is 0 Å². The van der Waals surface area contributed by atoms with Crippen molar-refractivity contribution in [3.8, 4) is 11.5 Å². The van der Waals surface area contributed by atoms with Crippen molar-refractivity contribution in [3.63, 3.8) is 0 Å². The van der Waals surface area contributed by atoms with Gasteiger partial charge in [-0.2, -0.15) is 0 Å². The van der Waals surface area contributed by atoms with Gasteiger partial charge in [-0.3, -0.25) is 9.69 Å². The molecule has 2 aromatic rings. The minimum Gasteiger partial charge on any atom is -0.493 e. The summed E-state index contributed by atoms with van der Waals surface area (Å²) in [7, 11) is 5.05. The number of carbonyl (C=O) groups excluding carboxylic acids is 1. The monoisotopic (exact) mass is 396 g/mol. The van der Waals surface area contributed by atoms with E-state index in [2.05, 4.69) is 5.32 Å². The van der Waals surface area contributed by atoms with E-state index in [4.69, 9.17) is 32.7 Å². The van der Waals surface area contributed by atoms with Gasteiger partial charge >= 0.3 is 0 Å². The molecule has 0 saturated heterocycles. The van der Waals surface area contributed by atoms with Gasteiger partial charge in [0.25, 0.3) is 0 Å². The molecule has 1 atom stereocenters. The van der Waals surface area contributed by atoms with E-state index < -0.39 is 6.04 Å². The lowest BCUT2D eigenvalue weighted by atomic mass is 10.1. The third-order valence-electron chi connectivity index (χ3n) is 4.13. The third kappa shape index (κ3) is 4.81. The predicted octanol–water partition coefficient (Wildman–Crippen LogP) is 4.47. The van der Waals surface area contributed by atoms with Crippen LogP contribution >= 0.6 is 23.2 Å². The molecule has 0 aliphatic rings. The van der Waals surface area contributed by atoms with E-state index in [0.29, 0.717) is 33.8 Å². The van der Waals surface area contributed by atoms with Crippen LogP contribution in [0, 0.1) is 0 Å². The van der Waals surface area contributed by atoms with Gasteiger partial charge < -0.3 is 14.8 Å². The van der Waals surface area contributed by atoms with Crippen LogP contribution in [-0.4, -0.2) is 38.1 Å². The maximum absolute atomic E-state index is 12.6. The number of amides is 1. The number of likely N-dealkylation sites (N-methyl/N-ethyl adjacent to an activating group) is 1. The van der Waals surface area contributed by atoms with Crippen molar-refractivity contribution >= 4 is 34.8 Å². The van der Waals surface area contributed by atoms with E-state index in [-0.39, 0.29) is 5.91 Å². The largest absolute Gasteiger partial charge is 0.493 e. The zero-order chi connectivity index (χ0) is 19.3. The molecule has 2 rings (SSSR count). The molecule has 0 radical (unpaired) electrons. The molecular formula is C19H22Cl2N2O3. The molecule has 140 valence electrons. The molecular weight excluding hydrogens is 375 g/mol. The number of ether oxygens (including phenoxy) is 2. The van der Waals surface area contributed by atoms with E-state index in [0.717, 1.165) is 5.56 Å². The Morgan fingerprint density at radius 2 is 1.92 bits per heavy atom. The second-order valence-corrected chi connectivity index (χ2v) is 6.70. The van der Waals surface area contributed by atoms with Gasteiger partial charge in [0.1, 0.15) is 0 Å². The van der Waals surface area contributed by atoms with E-state index in [9.17, 15) is 4.79 Å². The fourth-order valence-corrected chi connectivity index (χ4v) is 2.85. The number of rotatable bonds is 7. The Morgan fingerprint density at radius 1 is 1.19 bits per heavy atom. The summed E-state index contributed by atoms with van der Waals surface area (Å²) in [6.07, 6.45) is 0. The van der Waals surface area contributed by atoms with Crippen LogP contribution in [0.3, 0.4) is 0 Å². The number of hydrogen-bond donors (Lipinski definition) is 1. The lowest BCUT2D eigenvalue weighted by Gasteiger charge is -2.25. The van der Waals surface area contributed by atoms with Crippen molar-refractivity contribution in [1.82, 2.24) is 4.90 Å². The number of para-hydroxylation sites is 1. The SMILES string of the molecule is COc1cccc(CN(C)[C@@H](C)C(=O)Nc2cc(Cl)ccc2Cl)c1OC. The van der Waals surface area contributed by atoms with Crippen molar-refractivity contribution in [3.05, 3.63) is 52.0 Å². The summed E-state index contributed by atoms with van der Waals surface area (Å²) in [5.74, 6) is 1.13. The van der Waals surface area contributed by atoms with Gasteiger partial charge in [0, 0.05) is 17.1 Å². The fourth-order valence-electron chi connectivity index (χ4n) is 2.51. The zero-order valence-corrected chi connectivity index (χ0v) is 16.7. The number of nitrogens with zero attached hydrogens (tertiary/aromatic N) is 1. The highest BCUT2D eigenvalue weighted by atomic mass is 35.5. The molecule has 0 bridgehead atoms. The molecule has 1 N–H and O–H groups in total. The average molecular weight is 397 g/mol. The number of carbonyl (C=O) groups is 1. The van der Waals surface area contributed by atoms with Gasteiger partial charge in [0.15, 0.2) is 11.5 Å². The highest BCUT2D eigenvalue weighted by Gasteiger charge is 2.21. The zero-order valence-electron chi connectivity index (χ0n) is 15.2. The topological polar surface area (TPSA) is 50.8 Å². The van der Waals surface area contributed by atoms with Crippen LogP contribution in [0.5, 0.6) is 11.5 Å². The Labute approximate surface area is 163 Å². The van der Waals surface area contributed by atoms with E-state index in [1.807, 2.05) is 37.1 Å². The van der Waals surface area contributed by atoms with Crippen LogP contribution in [0.1, 0.15) is 12.5 Å². The normalized spacial score (nSPS) is 12.0. The van der Waals surface area contributed by atoms with Crippen molar-refractivity contribution in [2.24, 2.45) is 0 Å². The van der Waals surface area contributed by atoms with Gasteiger partial charge in [0.05, 0.1) is 31.0 Å². The molecule has 0 heterocycles. The molecule has 2 aromatic carbocycles.